The molecule has 0 amide bonds. The van der Waals surface area contributed by atoms with E-state index >= 15 is 0 Å². The maximum absolute atomic E-state index is 12.4. The fourth-order valence-electron chi connectivity index (χ4n) is 1.44. The Bertz CT molecular complexity index is 537. The molecule has 0 aliphatic rings. The summed E-state index contributed by atoms with van der Waals surface area (Å²) in [5, 5.41) is 16.4. The van der Waals surface area contributed by atoms with Gasteiger partial charge < -0.3 is 4.98 Å². The van der Waals surface area contributed by atoms with E-state index in [1.807, 2.05) is 0 Å². The maximum atomic E-state index is 12.4. The third kappa shape index (κ3) is 1.61. The van der Waals surface area contributed by atoms with E-state index < -0.39 is 6.43 Å². The van der Waals surface area contributed by atoms with Gasteiger partial charge >= 0.3 is 0 Å². The van der Waals surface area contributed by atoms with Crippen molar-refractivity contribution in [3.63, 3.8) is 0 Å². The van der Waals surface area contributed by atoms with Gasteiger partial charge in [0.15, 0.2) is 0 Å². The predicted octanol–water partition coefficient (Wildman–Crippen LogP) is 1.80. The number of fused-ring (bicyclic) bond motifs is 1. The van der Waals surface area contributed by atoms with Crippen molar-refractivity contribution in [2.24, 2.45) is 0 Å². The fraction of sp³-hybridized carbons (Fsp3) is 0.111. The number of halogens is 2. The maximum Gasteiger partial charge on any atom is 0.278 e. The second kappa shape index (κ2) is 3.86. The molecule has 2 aromatic rings. The van der Waals surface area contributed by atoms with Crippen LogP contribution in [0.25, 0.3) is 11.0 Å². The van der Waals surface area contributed by atoms with Gasteiger partial charge in [0, 0.05) is 17.1 Å². The van der Waals surface area contributed by atoms with Crippen LogP contribution in [0.2, 0.25) is 0 Å². The molecule has 0 aliphatic carbocycles. The SMILES string of the molecule is N=C(NO)c1ccnc2[nH]c(C(F)F)cc12. The molecule has 0 aliphatic heterocycles. The number of amidine groups is 1. The van der Waals surface area contributed by atoms with Gasteiger partial charge in [-0.15, -0.1) is 0 Å². The molecular weight excluding hydrogens is 218 g/mol. The number of hydrogen-bond acceptors (Lipinski definition) is 3. The normalized spacial score (nSPS) is 11.0. The van der Waals surface area contributed by atoms with E-state index in [0.717, 1.165) is 0 Å². The van der Waals surface area contributed by atoms with Crippen molar-refractivity contribution >= 4 is 16.9 Å². The number of aromatic nitrogens is 2. The Balaban J connectivity index is 2.63. The molecule has 0 radical (unpaired) electrons. The van der Waals surface area contributed by atoms with Gasteiger partial charge in [-0.1, -0.05) is 0 Å². The summed E-state index contributed by atoms with van der Waals surface area (Å²) < 4.78 is 24.9. The first-order chi connectivity index (χ1) is 7.63. The van der Waals surface area contributed by atoms with Crippen LogP contribution in [-0.4, -0.2) is 21.0 Å². The molecule has 4 N–H and O–H groups in total. The van der Waals surface area contributed by atoms with Gasteiger partial charge in [0.05, 0.1) is 5.69 Å². The minimum Gasteiger partial charge on any atom is -0.338 e. The van der Waals surface area contributed by atoms with Crippen LogP contribution in [0.15, 0.2) is 18.3 Å². The Morgan fingerprint density at radius 2 is 2.31 bits per heavy atom. The number of hydrogen-bond donors (Lipinski definition) is 4. The number of H-pyrrole nitrogens is 1. The second-order valence-corrected chi connectivity index (χ2v) is 3.13. The molecule has 7 heteroatoms. The van der Waals surface area contributed by atoms with Crippen LogP contribution in [0.1, 0.15) is 17.7 Å². The quantitative estimate of drug-likeness (QED) is 0.358. The van der Waals surface area contributed by atoms with E-state index in [1.54, 1.807) is 5.48 Å². The molecule has 0 saturated heterocycles. The van der Waals surface area contributed by atoms with Crippen LogP contribution < -0.4 is 5.48 Å². The molecule has 0 bridgehead atoms. The van der Waals surface area contributed by atoms with Crippen molar-refractivity contribution in [3.8, 4) is 0 Å². The largest absolute Gasteiger partial charge is 0.338 e. The van der Waals surface area contributed by atoms with Gasteiger partial charge in [0.2, 0.25) is 0 Å². The fourth-order valence-corrected chi connectivity index (χ4v) is 1.44. The minimum atomic E-state index is -2.63. The minimum absolute atomic E-state index is 0.257. The molecule has 0 saturated carbocycles. The molecule has 0 aromatic carbocycles. The molecule has 5 nitrogen and oxygen atoms in total. The second-order valence-electron chi connectivity index (χ2n) is 3.13. The van der Waals surface area contributed by atoms with Gasteiger partial charge in [-0.25, -0.2) is 13.8 Å². The molecule has 2 rings (SSSR count). The number of rotatable bonds is 2. The van der Waals surface area contributed by atoms with Crippen LogP contribution in [0.3, 0.4) is 0 Å². The van der Waals surface area contributed by atoms with Crippen LogP contribution in [0.4, 0.5) is 8.78 Å². The summed E-state index contributed by atoms with van der Waals surface area (Å²) in [6, 6.07) is 2.67. The molecular formula is C9H8F2N4O. The lowest BCUT2D eigenvalue weighted by molar-refractivity contribution is 0.147. The first kappa shape index (κ1) is 10.5. The Morgan fingerprint density at radius 1 is 1.56 bits per heavy atom. The monoisotopic (exact) mass is 226 g/mol. The van der Waals surface area contributed by atoms with Crippen LogP contribution in [0, 0.1) is 5.41 Å². The highest BCUT2D eigenvalue weighted by Gasteiger charge is 2.14. The van der Waals surface area contributed by atoms with E-state index in [4.69, 9.17) is 10.6 Å². The predicted molar refractivity (Wildman–Crippen MR) is 52.8 cm³/mol. The van der Waals surface area contributed by atoms with E-state index in [1.165, 1.54) is 18.3 Å². The summed E-state index contributed by atoms with van der Waals surface area (Å²) >= 11 is 0. The number of nitrogens with zero attached hydrogens (tertiary/aromatic N) is 1. The molecule has 16 heavy (non-hydrogen) atoms. The summed E-state index contributed by atoms with van der Waals surface area (Å²) in [6.07, 6.45) is -1.26. The van der Waals surface area contributed by atoms with Gasteiger partial charge in [0.1, 0.15) is 11.5 Å². The zero-order valence-corrected chi connectivity index (χ0v) is 7.96. The summed E-state index contributed by atoms with van der Waals surface area (Å²) in [5.41, 5.74) is 1.96. The van der Waals surface area contributed by atoms with E-state index in [-0.39, 0.29) is 17.2 Å². The summed E-state index contributed by atoms with van der Waals surface area (Å²) in [5.74, 6) is -0.271. The highest BCUT2D eigenvalue weighted by atomic mass is 19.3. The molecule has 0 atom stereocenters. The zero-order chi connectivity index (χ0) is 11.7. The van der Waals surface area contributed by atoms with Crippen molar-refractivity contribution in [2.75, 3.05) is 0 Å². The lowest BCUT2D eigenvalue weighted by atomic mass is 10.1. The summed E-state index contributed by atoms with van der Waals surface area (Å²) in [6.45, 7) is 0. The van der Waals surface area contributed by atoms with Gasteiger partial charge in [0.25, 0.3) is 6.43 Å². The molecule has 0 spiro atoms. The third-order valence-electron chi connectivity index (χ3n) is 2.17. The van der Waals surface area contributed by atoms with Gasteiger partial charge in [-0.3, -0.25) is 16.1 Å². The number of hydroxylamine groups is 1. The number of nitrogens with one attached hydrogen (secondary N) is 3. The lowest BCUT2D eigenvalue weighted by Crippen LogP contribution is -2.18. The summed E-state index contributed by atoms with van der Waals surface area (Å²) in [4.78, 5) is 6.31. The topological polar surface area (TPSA) is 84.8 Å². The van der Waals surface area contributed by atoms with Crippen LogP contribution in [-0.2, 0) is 0 Å². The van der Waals surface area contributed by atoms with E-state index in [9.17, 15) is 8.78 Å². The smallest absolute Gasteiger partial charge is 0.278 e. The molecule has 0 fully saturated rings. The average molecular weight is 226 g/mol. The van der Waals surface area contributed by atoms with Crippen LogP contribution in [0.5, 0.6) is 0 Å². The molecule has 2 heterocycles. The molecule has 0 unspecified atom stereocenters. The Labute approximate surface area is 88.6 Å². The third-order valence-corrected chi connectivity index (χ3v) is 2.17. The first-order valence-electron chi connectivity index (χ1n) is 4.38. The Kier molecular flexibility index (Phi) is 2.53. The standard InChI is InChI=1S/C9H8F2N4O/c10-7(11)6-3-5-4(8(12)15-16)1-2-13-9(5)14-6/h1-3,7,16H,(H2,12,15)(H,13,14). The highest BCUT2D eigenvalue weighted by molar-refractivity contribution is 6.06. The van der Waals surface area contributed by atoms with Gasteiger partial charge in [-0.2, -0.15) is 0 Å². The highest BCUT2D eigenvalue weighted by Crippen LogP contribution is 2.24. The number of pyridine rings is 1. The van der Waals surface area contributed by atoms with E-state index in [0.29, 0.717) is 10.9 Å². The molecule has 2 aromatic heterocycles. The Hall–Kier alpha value is -2.02. The van der Waals surface area contributed by atoms with Crippen LogP contribution >= 0.6 is 0 Å². The van der Waals surface area contributed by atoms with Crippen molar-refractivity contribution < 1.29 is 14.0 Å². The van der Waals surface area contributed by atoms with Gasteiger partial charge in [-0.05, 0) is 12.1 Å². The van der Waals surface area contributed by atoms with Crippen molar-refractivity contribution in [1.82, 2.24) is 15.4 Å². The van der Waals surface area contributed by atoms with Crippen molar-refractivity contribution in [1.29, 1.82) is 5.41 Å². The van der Waals surface area contributed by atoms with E-state index in [2.05, 4.69) is 9.97 Å². The number of alkyl halides is 2. The number of aromatic amines is 1. The van der Waals surface area contributed by atoms with Crippen molar-refractivity contribution in [3.05, 3.63) is 29.6 Å². The van der Waals surface area contributed by atoms with Crippen molar-refractivity contribution in [2.45, 2.75) is 6.43 Å². The molecule has 84 valence electrons. The Morgan fingerprint density at radius 3 is 2.94 bits per heavy atom. The average Bonchev–Trinajstić information content (AvgIpc) is 2.71. The zero-order valence-electron chi connectivity index (χ0n) is 7.96. The first-order valence-corrected chi connectivity index (χ1v) is 4.38. The summed E-state index contributed by atoms with van der Waals surface area (Å²) in [7, 11) is 0. The lowest BCUT2D eigenvalue weighted by Gasteiger charge is -2.01.